The molecular weight excluding hydrogens is 422 g/mol. The van der Waals surface area contributed by atoms with Gasteiger partial charge in [0.25, 0.3) is 0 Å². The quantitative estimate of drug-likeness (QED) is 0.669. The predicted octanol–water partition coefficient (Wildman–Crippen LogP) is 2.78. The average Bonchev–Trinajstić information content (AvgIpc) is 3.14. The minimum Gasteiger partial charge on any atom is -0.320 e. The number of rotatable bonds is 3. The zero-order valence-electron chi connectivity index (χ0n) is 16.6. The molecule has 0 saturated heterocycles. The van der Waals surface area contributed by atoms with Gasteiger partial charge >= 0.3 is 6.03 Å². The lowest BCUT2D eigenvalue weighted by molar-refractivity contribution is 0.200. The van der Waals surface area contributed by atoms with Crippen LogP contribution in [0.5, 0.6) is 0 Å². The van der Waals surface area contributed by atoms with Gasteiger partial charge in [-0.25, -0.2) is 23.3 Å². The molecule has 0 atom stereocenters. The number of amides is 2. The van der Waals surface area contributed by atoms with E-state index in [2.05, 4.69) is 28.2 Å². The van der Waals surface area contributed by atoms with Gasteiger partial charge in [-0.1, -0.05) is 29.5 Å². The van der Waals surface area contributed by atoms with Crippen LogP contribution in [0.3, 0.4) is 0 Å². The molecule has 1 aromatic carbocycles. The number of nitrogens with two attached hydrogens (primary N) is 1. The maximum Gasteiger partial charge on any atom is 0.326 e. The second-order valence-corrected chi connectivity index (χ2v) is 9.86. The second kappa shape index (κ2) is 7.78. The van der Waals surface area contributed by atoms with E-state index >= 15 is 0 Å². The number of benzene rings is 1. The van der Waals surface area contributed by atoms with E-state index in [1.54, 1.807) is 25.1 Å². The van der Waals surface area contributed by atoms with Crippen LogP contribution in [0, 0.1) is 6.92 Å². The summed E-state index contributed by atoms with van der Waals surface area (Å²) >= 11 is 0.898. The summed E-state index contributed by atoms with van der Waals surface area (Å²) in [5.41, 5.74) is 4.47. The topological polar surface area (TPSA) is 109 Å². The zero-order chi connectivity index (χ0) is 21.5. The third kappa shape index (κ3) is 3.93. The summed E-state index contributed by atoms with van der Waals surface area (Å²) in [6.45, 7) is 2.60. The molecule has 4 rings (SSSR count). The van der Waals surface area contributed by atoms with E-state index < -0.39 is 10.0 Å². The van der Waals surface area contributed by atoms with Gasteiger partial charge in [0.05, 0.1) is 11.4 Å². The Labute approximate surface area is 179 Å². The van der Waals surface area contributed by atoms with E-state index in [-0.39, 0.29) is 10.2 Å². The van der Waals surface area contributed by atoms with Crippen molar-refractivity contribution < 1.29 is 13.2 Å². The molecule has 0 bridgehead atoms. The maximum atomic E-state index is 13.1. The average molecular weight is 444 g/mol. The molecule has 2 aromatic heterocycles. The van der Waals surface area contributed by atoms with Crippen LogP contribution < -0.4 is 10.0 Å². The highest BCUT2D eigenvalue weighted by Crippen LogP contribution is 2.30. The van der Waals surface area contributed by atoms with Crippen LogP contribution in [0.2, 0.25) is 0 Å². The van der Waals surface area contributed by atoms with Gasteiger partial charge in [-0.05, 0) is 42.7 Å². The van der Waals surface area contributed by atoms with Crippen molar-refractivity contribution in [2.45, 2.75) is 24.1 Å². The number of anilines is 1. The Balaban J connectivity index is 1.56. The third-order valence-electron chi connectivity index (χ3n) is 5.02. The number of aromatic nitrogens is 2. The van der Waals surface area contributed by atoms with E-state index in [9.17, 15) is 13.2 Å². The van der Waals surface area contributed by atoms with Gasteiger partial charge in [-0.15, -0.1) is 0 Å². The van der Waals surface area contributed by atoms with E-state index in [0.717, 1.165) is 34.6 Å². The molecule has 0 fully saturated rings. The zero-order valence-corrected chi connectivity index (χ0v) is 18.2. The fraction of sp³-hybridized carbons (Fsp3) is 0.250. The normalized spacial score (nSPS) is 13.8. The maximum absolute atomic E-state index is 13.1. The highest BCUT2D eigenvalue weighted by molar-refractivity contribution is 7.91. The number of nitrogens with zero attached hydrogens (tertiary/aromatic N) is 4. The minimum absolute atomic E-state index is 0.0267. The summed E-state index contributed by atoms with van der Waals surface area (Å²) in [4.78, 5) is 24.8. The first kappa shape index (κ1) is 20.5. The van der Waals surface area contributed by atoms with Gasteiger partial charge in [0.1, 0.15) is 0 Å². The Morgan fingerprint density at radius 2 is 2.03 bits per heavy atom. The first-order valence-corrected chi connectivity index (χ1v) is 11.7. The van der Waals surface area contributed by atoms with Gasteiger partial charge < -0.3 is 4.90 Å². The largest absolute Gasteiger partial charge is 0.326 e. The number of hydrogen-bond acceptors (Lipinski definition) is 6. The molecule has 0 radical (unpaired) electrons. The molecule has 1 aliphatic heterocycles. The number of carbonyl (C=O) groups excluding carboxylic acids is 1. The molecule has 8 nitrogen and oxygen atoms in total. The number of urea groups is 1. The molecule has 0 spiro atoms. The van der Waals surface area contributed by atoms with Crippen LogP contribution in [-0.2, 0) is 23.0 Å². The van der Waals surface area contributed by atoms with Gasteiger partial charge in [0.2, 0.25) is 10.0 Å². The number of aryl methyl sites for hydroxylation is 1. The fourth-order valence-electron chi connectivity index (χ4n) is 3.48. The van der Waals surface area contributed by atoms with Crippen LogP contribution >= 0.6 is 11.3 Å². The van der Waals surface area contributed by atoms with Crippen molar-refractivity contribution in [1.29, 1.82) is 0 Å². The molecule has 3 heterocycles. The standard InChI is InChI=1S/C20H21N5O3S2/c1-13-18(30(21,27)28)29-19(23-13)24(2)20(26)25-10-8-14-6-7-15(11-16(14)12-25)17-5-3-4-9-22-17/h3-7,9,11H,8,10,12H2,1-2H3,(H2,21,27,28). The first-order valence-electron chi connectivity index (χ1n) is 9.30. The van der Waals surface area contributed by atoms with E-state index in [4.69, 9.17) is 5.14 Å². The fourth-order valence-corrected chi connectivity index (χ4v) is 5.39. The molecule has 30 heavy (non-hydrogen) atoms. The minimum atomic E-state index is -3.87. The lowest BCUT2D eigenvalue weighted by Gasteiger charge is -2.31. The molecule has 0 saturated carbocycles. The van der Waals surface area contributed by atoms with Crippen molar-refractivity contribution in [1.82, 2.24) is 14.9 Å². The smallest absolute Gasteiger partial charge is 0.320 e. The molecule has 2 N–H and O–H groups in total. The Hall–Kier alpha value is -2.82. The van der Waals surface area contributed by atoms with Gasteiger partial charge in [0.15, 0.2) is 9.34 Å². The number of hydrogen-bond donors (Lipinski definition) is 1. The van der Waals surface area contributed by atoms with Crippen LogP contribution in [0.15, 0.2) is 46.8 Å². The molecule has 10 heteroatoms. The lowest BCUT2D eigenvalue weighted by atomic mass is 9.96. The third-order valence-corrected chi connectivity index (χ3v) is 7.81. The number of fused-ring (bicyclic) bond motifs is 1. The Morgan fingerprint density at radius 3 is 2.70 bits per heavy atom. The molecule has 1 aliphatic rings. The molecule has 2 amide bonds. The number of carbonyl (C=O) groups is 1. The molecule has 0 unspecified atom stereocenters. The monoisotopic (exact) mass is 443 g/mol. The van der Waals surface area contributed by atoms with Crippen molar-refractivity contribution in [3.05, 3.63) is 59.4 Å². The predicted molar refractivity (Wildman–Crippen MR) is 116 cm³/mol. The summed E-state index contributed by atoms with van der Waals surface area (Å²) < 4.78 is 23.3. The van der Waals surface area contributed by atoms with Crippen molar-refractivity contribution in [2.75, 3.05) is 18.5 Å². The van der Waals surface area contributed by atoms with Crippen LogP contribution in [-0.4, -0.2) is 42.9 Å². The van der Waals surface area contributed by atoms with Crippen molar-refractivity contribution in [3.8, 4) is 11.3 Å². The van der Waals surface area contributed by atoms with Gasteiger partial charge in [0, 0.05) is 31.9 Å². The van der Waals surface area contributed by atoms with Crippen LogP contribution in [0.1, 0.15) is 16.8 Å². The number of pyridine rings is 1. The summed E-state index contributed by atoms with van der Waals surface area (Å²) in [6.07, 6.45) is 2.50. The van der Waals surface area contributed by atoms with Crippen molar-refractivity contribution >= 4 is 32.5 Å². The van der Waals surface area contributed by atoms with E-state index in [1.807, 2.05) is 18.2 Å². The lowest BCUT2D eigenvalue weighted by Crippen LogP contribution is -2.43. The Kier molecular flexibility index (Phi) is 5.31. The molecule has 0 aliphatic carbocycles. The van der Waals surface area contributed by atoms with Gasteiger partial charge in [-0.2, -0.15) is 0 Å². The second-order valence-electron chi connectivity index (χ2n) is 7.13. The number of thiazole rings is 1. The van der Waals surface area contributed by atoms with Crippen LogP contribution in [0.25, 0.3) is 11.3 Å². The first-order chi connectivity index (χ1) is 14.2. The van der Waals surface area contributed by atoms with Crippen molar-refractivity contribution in [2.24, 2.45) is 5.14 Å². The summed E-state index contributed by atoms with van der Waals surface area (Å²) in [5, 5.41) is 5.53. The van der Waals surface area contributed by atoms with Crippen LogP contribution in [0.4, 0.5) is 9.93 Å². The van der Waals surface area contributed by atoms with E-state index in [0.29, 0.717) is 23.9 Å². The van der Waals surface area contributed by atoms with Crippen molar-refractivity contribution in [3.63, 3.8) is 0 Å². The SMILES string of the molecule is Cc1nc(N(C)C(=O)N2CCc3ccc(-c4ccccn4)cc3C2)sc1S(N)(=O)=O. The highest BCUT2D eigenvalue weighted by Gasteiger charge is 2.27. The van der Waals surface area contributed by atoms with E-state index in [1.165, 1.54) is 10.5 Å². The molecule has 3 aromatic rings. The summed E-state index contributed by atoms with van der Waals surface area (Å²) in [7, 11) is -2.28. The van der Waals surface area contributed by atoms with Gasteiger partial charge in [-0.3, -0.25) is 9.88 Å². The Morgan fingerprint density at radius 1 is 1.23 bits per heavy atom. The molecule has 156 valence electrons. The number of primary sulfonamides is 1. The summed E-state index contributed by atoms with van der Waals surface area (Å²) in [6, 6.07) is 11.8. The molecular formula is C20H21N5O3S2. The number of sulfonamides is 1. The Bertz CT molecular complexity index is 1210. The summed E-state index contributed by atoms with van der Waals surface area (Å²) in [5.74, 6) is 0. The highest BCUT2D eigenvalue weighted by atomic mass is 32.2.